The molecule has 0 aliphatic rings. The van der Waals surface area contributed by atoms with Crippen molar-refractivity contribution < 1.29 is 0 Å². The monoisotopic (exact) mass is 269 g/mol. The van der Waals surface area contributed by atoms with Crippen molar-refractivity contribution in [1.29, 1.82) is 0 Å². The molecule has 104 valence electrons. The Morgan fingerprint density at radius 3 is 1.89 bits per heavy atom. The summed E-state index contributed by atoms with van der Waals surface area (Å²) in [4.78, 5) is 0. The van der Waals surface area contributed by atoms with Gasteiger partial charge in [-0.15, -0.1) is 5.10 Å². The molecule has 0 spiro atoms. The van der Waals surface area contributed by atoms with Crippen LogP contribution in [-0.4, -0.2) is 16.1 Å². The number of nitrogens with zero attached hydrogens (tertiary/aromatic N) is 2. The van der Waals surface area contributed by atoms with Crippen LogP contribution in [0.4, 0.5) is 0 Å². The lowest BCUT2D eigenvalue weighted by atomic mass is 10.1. The summed E-state index contributed by atoms with van der Waals surface area (Å²) < 4.78 is 3.88. The Kier molecular flexibility index (Phi) is 10.0. The number of aromatic nitrogens is 2. The molecule has 1 aromatic rings. The van der Waals surface area contributed by atoms with Crippen LogP contribution < -0.4 is 5.73 Å². The van der Waals surface area contributed by atoms with Crippen molar-refractivity contribution >= 4 is 11.5 Å². The summed E-state index contributed by atoms with van der Waals surface area (Å²) in [6.45, 7) is 0.856. The van der Waals surface area contributed by atoms with Crippen molar-refractivity contribution in [3.63, 3.8) is 0 Å². The third-order valence-corrected chi connectivity index (χ3v) is 3.85. The first kappa shape index (κ1) is 15.6. The fraction of sp³-hybridized carbons (Fsp3) is 0.857. The Balaban J connectivity index is 1.73. The van der Waals surface area contributed by atoms with Gasteiger partial charge in [-0.2, -0.15) is 0 Å². The summed E-state index contributed by atoms with van der Waals surface area (Å²) in [5, 5.41) is 6.12. The van der Waals surface area contributed by atoms with E-state index in [-0.39, 0.29) is 0 Å². The fourth-order valence-electron chi connectivity index (χ4n) is 2.16. The first-order chi connectivity index (χ1) is 8.93. The molecule has 0 aromatic carbocycles. The van der Waals surface area contributed by atoms with Gasteiger partial charge in [-0.3, -0.25) is 0 Å². The molecule has 0 bridgehead atoms. The molecule has 1 aromatic heterocycles. The summed E-state index contributed by atoms with van der Waals surface area (Å²) in [5.41, 5.74) is 6.63. The molecule has 1 rings (SSSR count). The molecule has 0 radical (unpaired) electrons. The number of nitrogens with two attached hydrogens (primary N) is 1. The molecule has 4 heteroatoms. The van der Waals surface area contributed by atoms with Gasteiger partial charge in [0, 0.05) is 5.38 Å². The maximum absolute atomic E-state index is 5.46. The zero-order chi connectivity index (χ0) is 12.9. The Bertz CT molecular complexity index is 262. The lowest BCUT2D eigenvalue weighted by Gasteiger charge is -2.01. The molecule has 0 unspecified atom stereocenters. The molecular formula is C14H27N3S. The van der Waals surface area contributed by atoms with Gasteiger partial charge in [0.1, 0.15) is 0 Å². The molecule has 0 amide bonds. The molecule has 0 aliphatic carbocycles. The minimum atomic E-state index is 0.856. The van der Waals surface area contributed by atoms with Crippen molar-refractivity contribution in [2.75, 3.05) is 6.54 Å². The zero-order valence-electron chi connectivity index (χ0n) is 11.4. The van der Waals surface area contributed by atoms with E-state index < -0.39 is 0 Å². The highest BCUT2D eigenvalue weighted by Gasteiger charge is 1.96. The molecule has 0 saturated carbocycles. The van der Waals surface area contributed by atoms with Gasteiger partial charge >= 0.3 is 0 Å². The lowest BCUT2D eigenvalue weighted by Crippen LogP contribution is -1.97. The minimum Gasteiger partial charge on any atom is -0.330 e. The third-order valence-electron chi connectivity index (χ3n) is 3.29. The van der Waals surface area contributed by atoms with Gasteiger partial charge in [0.2, 0.25) is 0 Å². The number of unbranched alkanes of at least 4 members (excludes halogenated alkanes) is 9. The second-order valence-electron chi connectivity index (χ2n) is 4.97. The van der Waals surface area contributed by atoms with Gasteiger partial charge in [-0.1, -0.05) is 55.9 Å². The second-order valence-corrected chi connectivity index (χ2v) is 5.58. The molecule has 0 saturated heterocycles. The minimum absolute atomic E-state index is 0.856. The Labute approximate surface area is 115 Å². The smallest absolute Gasteiger partial charge is 0.0755 e. The second kappa shape index (κ2) is 11.6. The number of hydrogen-bond acceptors (Lipinski definition) is 4. The molecule has 1 heterocycles. The van der Waals surface area contributed by atoms with Gasteiger partial charge in [0.05, 0.1) is 5.69 Å². The van der Waals surface area contributed by atoms with Crippen LogP contribution in [0.2, 0.25) is 0 Å². The van der Waals surface area contributed by atoms with Crippen molar-refractivity contribution in [2.24, 2.45) is 5.73 Å². The number of rotatable bonds is 12. The van der Waals surface area contributed by atoms with E-state index in [9.17, 15) is 0 Å². The highest BCUT2D eigenvalue weighted by Crippen LogP contribution is 2.11. The fourth-order valence-corrected chi connectivity index (χ4v) is 2.64. The van der Waals surface area contributed by atoms with E-state index in [1.807, 2.05) is 0 Å². The molecule has 0 fully saturated rings. The quantitative estimate of drug-likeness (QED) is 0.585. The summed E-state index contributed by atoms with van der Waals surface area (Å²) in [6.07, 6.45) is 14.6. The topological polar surface area (TPSA) is 51.8 Å². The number of hydrogen-bond donors (Lipinski definition) is 1. The Morgan fingerprint density at radius 2 is 1.39 bits per heavy atom. The van der Waals surface area contributed by atoms with Crippen LogP contribution in [0.15, 0.2) is 5.38 Å². The van der Waals surface area contributed by atoms with Gasteiger partial charge < -0.3 is 5.73 Å². The average molecular weight is 269 g/mol. The SMILES string of the molecule is NCCCCCCCCCCCCc1csnn1. The molecule has 3 nitrogen and oxygen atoms in total. The van der Waals surface area contributed by atoms with Gasteiger partial charge in [-0.05, 0) is 37.3 Å². The van der Waals surface area contributed by atoms with E-state index in [1.165, 1.54) is 81.4 Å². The van der Waals surface area contributed by atoms with Crippen LogP contribution in [-0.2, 0) is 6.42 Å². The predicted molar refractivity (Wildman–Crippen MR) is 78.8 cm³/mol. The summed E-state index contributed by atoms with van der Waals surface area (Å²) >= 11 is 1.45. The van der Waals surface area contributed by atoms with Crippen LogP contribution in [0.1, 0.15) is 69.9 Å². The van der Waals surface area contributed by atoms with E-state index in [0.29, 0.717) is 0 Å². The molecular weight excluding hydrogens is 242 g/mol. The highest BCUT2D eigenvalue weighted by atomic mass is 32.1. The van der Waals surface area contributed by atoms with E-state index in [4.69, 9.17) is 5.73 Å². The maximum Gasteiger partial charge on any atom is 0.0755 e. The molecule has 0 atom stereocenters. The average Bonchev–Trinajstić information content (AvgIpc) is 2.89. The van der Waals surface area contributed by atoms with Crippen LogP contribution in [0, 0.1) is 0 Å². The first-order valence-electron chi connectivity index (χ1n) is 7.39. The van der Waals surface area contributed by atoms with Crippen molar-refractivity contribution in [2.45, 2.75) is 70.6 Å². The maximum atomic E-state index is 5.46. The predicted octanol–water partition coefficient (Wildman–Crippen LogP) is 3.94. The largest absolute Gasteiger partial charge is 0.330 e. The van der Waals surface area contributed by atoms with Crippen molar-refractivity contribution in [1.82, 2.24) is 9.59 Å². The molecule has 18 heavy (non-hydrogen) atoms. The first-order valence-corrected chi connectivity index (χ1v) is 8.23. The lowest BCUT2D eigenvalue weighted by molar-refractivity contribution is 0.552. The normalized spacial score (nSPS) is 10.9. The highest BCUT2D eigenvalue weighted by molar-refractivity contribution is 7.03. The standard InChI is InChI=1S/C14H27N3S/c15-12-10-8-6-4-2-1-3-5-7-9-11-14-13-18-17-16-14/h13H,1-12,15H2. The third kappa shape index (κ3) is 8.59. The van der Waals surface area contributed by atoms with Crippen LogP contribution in [0.25, 0.3) is 0 Å². The van der Waals surface area contributed by atoms with E-state index in [2.05, 4.69) is 15.0 Å². The Morgan fingerprint density at radius 1 is 0.833 bits per heavy atom. The van der Waals surface area contributed by atoms with Gasteiger partial charge in [0.15, 0.2) is 0 Å². The van der Waals surface area contributed by atoms with Crippen LogP contribution in [0.5, 0.6) is 0 Å². The summed E-state index contributed by atoms with van der Waals surface area (Å²) in [6, 6.07) is 0. The summed E-state index contributed by atoms with van der Waals surface area (Å²) in [7, 11) is 0. The van der Waals surface area contributed by atoms with E-state index in [1.54, 1.807) is 0 Å². The zero-order valence-corrected chi connectivity index (χ0v) is 12.3. The number of aryl methyl sites for hydroxylation is 1. The molecule has 0 aliphatic heterocycles. The van der Waals surface area contributed by atoms with Crippen LogP contribution >= 0.6 is 11.5 Å². The van der Waals surface area contributed by atoms with Gasteiger partial charge in [0.25, 0.3) is 0 Å². The van der Waals surface area contributed by atoms with Crippen LogP contribution in [0.3, 0.4) is 0 Å². The van der Waals surface area contributed by atoms with E-state index in [0.717, 1.165) is 13.0 Å². The van der Waals surface area contributed by atoms with E-state index >= 15 is 0 Å². The molecule has 2 N–H and O–H groups in total. The van der Waals surface area contributed by atoms with Crippen molar-refractivity contribution in [3.8, 4) is 0 Å². The van der Waals surface area contributed by atoms with Crippen molar-refractivity contribution in [3.05, 3.63) is 11.1 Å². The summed E-state index contributed by atoms with van der Waals surface area (Å²) in [5.74, 6) is 0. The van der Waals surface area contributed by atoms with Gasteiger partial charge in [-0.25, -0.2) is 0 Å². The Hall–Kier alpha value is -0.480.